The number of carbonyl (C=O) groups excluding carboxylic acids is 1. The van der Waals surface area contributed by atoms with Crippen LogP contribution < -0.4 is 10.1 Å². The van der Waals surface area contributed by atoms with Crippen LogP contribution in [-0.4, -0.2) is 25.7 Å². The molecule has 0 bridgehead atoms. The van der Waals surface area contributed by atoms with E-state index in [-0.39, 0.29) is 5.91 Å². The average Bonchev–Trinajstić information content (AvgIpc) is 2.71. The summed E-state index contributed by atoms with van der Waals surface area (Å²) >= 11 is 6.49. The largest absolute Gasteiger partial charge is 0.493 e. The molecule has 0 unspecified atom stereocenters. The summed E-state index contributed by atoms with van der Waals surface area (Å²) in [4.78, 5) is 13.5. The van der Waals surface area contributed by atoms with Crippen molar-refractivity contribution >= 4 is 23.2 Å². The first-order chi connectivity index (χ1) is 14.0. The number of benzene rings is 2. The molecule has 29 heavy (non-hydrogen) atoms. The molecule has 1 fully saturated rings. The van der Waals surface area contributed by atoms with Gasteiger partial charge >= 0.3 is 0 Å². The van der Waals surface area contributed by atoms with Crippen molar-refractivity contribution in [1.82, 2.24) is 0 Å². The van der Waals surface area contributed by atoms with Gasteiger partial charge in [0.25, 0.3) is 0 Å². The maximum absolute atomic E-state index is 13.5. The van der Waals surface area contributed by atoms with Crippen LogP contribution in [0.25, 0.3) is 0 Å². The standard InChI is InChI=1S/C24H30ClNO3/c1-4-5-12-29-22-17(2)15-19(16-18(22)3)26-23(27)24(10-13-28-14-11-24)20-8-6-7-9-21(20)25/h6-9,15-16H,4-5,10-14H2,1-3H3,(H,26,27). The SMILES string of the molecule is CCCCOc1c(C)cc(NC(=O)C2(c3ccccc3Cl)CCOCC2)cc1C. The highest BCUT2D eigenvalue weighted by Gasteiger charge is 2.43. The quantitative estimate of drug-likeness (QED) is 0.579. The van der Waals surface area contributed by atoms with Crippen molar-refractivity contribution in [3.05, 3.63) is 58.1 Å². The molecule has 1 saturated heterocycles. The molecule has 1 heterocycles. The van der Waals surface area contributed by atoms with Crippen molar-refractivity contribution < 1.29 is 14.3 Å². The van der Waals surface area contributed by atoms with E-state index < -0.39 is 5.41 Å². The predicted molar refractivity (Wildman–Crippen MR) is 118 cm³/mol. The molecule has 1 aliphatic rings. The zero-order valence-corrected chi connectivity index (χ0v) is 18.3. The zero-order valence-electron chi connectivity index (χ0n) is 17.5. The van der Waals surface area contributed by atoms with Crippen molar-refractivity contribution in [1.29, 1.82) is 0 Å². The summed E-state index contributed by atoms with van der Waals surface area (Å²) < 4.78 is 11.5. The fraction of sp³-hybridized carbons (Fsp3) is 0.458. The van der Waals surface area contributed by atoms with Gasteiger partial charge in [0.05, 0.1) is 12.0 Å². The van der Waals surface area contributed by atoms with Gasteiger partial charge in [0.1, 0.15) is 5.75 Å². The molecular weight excluding hydrogens is 386 g/mol. The van der Waals surface area contributed by atoms with Gasteiger partial charge in [0.2, 0.25) is 5.91 Å². The van der Waals surface area contributed by atoms with Crippen LogP contribution in [0.4, 0.5) is 5.69 Å². The lowest BCUT2D eigenvalue weighted by atomic mass is 9.73. The fourth-order valence-corrected chi connectivity index (χ4v) is 4.32. The predicted octanol–water partition coefficient (Wildman–Crippen LogP) is 5.82. The van der Waals surface area contributed by atoms with E-state index in [0.717, 1.165) is 41.0 Å². The highest BCUT2D eigenvalue weighted by Crippen LogP contribution is 2.40. The van der Waals surface area contributed by atoms with Gasteiger partial charge in [-0.05, 0) is 68.0 Å². The molecule has 2 aromatic carbocycles. The number of unbranched alkanes of at least 4 members (excludes halogenated alkanes) is 1. The van der Waals surface area contributed by atoms with Gasteiger partial charge in [-0.3, -0.25) is 4.79 Å². The van der Waals surface area contributed by atoms with Gasteiger partial charge in [-0.2, -0.15) is 0 Å². The normalized spacial score (nSPS) is 15.7. The number of rotatable bonds is 7. The van der Waals surface area contributed by atoms with Crippen LogP contribution in [0.15, 0.2) is 36.4 Å². The Kier molecular flexibility index (Phi) is 7.20. The summed E-state index contributed by atoms with van der Waals surface area (Å²) in [6, 6.07) is 11.6. The molecule has 156 valence electrons. The van der Waals surface area contributed by atoms with Gasteiger partial charge in [0.15, 0.2) is 0 Å². The average molecular weight is 416 g/mol. The second-order valence-corrected chi connectivity index (χ2v) is 8.18. The Morgan fingerprint density at radius 3 is 2.45 bits per heavy atom. The minimum atomic E-state index is -0.686. The molecule has 0 radical (unpaired) electrons. The van der Waals surface area contributed by atoms with Gasteiger partial charge < -0.3 is 14.8 Å². The Hall–Kier alpha value is -2.04. The minimum absolute atomic E-state index is 0.0349. The summed E-state index contributed by atoms with van der Waals surface area (Å²) in [5.41, 5.74) is 3.01. The van der Waals surface area contributed by atoms with Crippen LogP contribution in [-0.2, 0) is 14.9 Å². The fourth-order valence-electron chi connectivity index (χ4n) is 4.01. The van der Waals surface area contributed by atoms with Crippen LogP contribution in [0.3, 0.4) is 0 Å². The molecule has 0 aromatic heterocycles. The number of nitrogens with one attached hydrogen (secondary N) is 1. The van der Waals surface area contributed by atoms with E-state index in [1.54, 1.807) is 0 Å². The Morgan fingerprint density at radius 2 is 1.83 bits per heavy atom. The van der Waals surface area contributed by atoms with Gasteiger partial charge in [0, 0.05) is 23.9 Å². The summed E-state index contributed by atoms with van der Waals surface area (Å²) in [5.74, 6) is 0.871. The molecule has 0 saturated carbocycles. The summed E-state index contributed by atoms with van der Waals surface area (Å²) in [5, 5.41) is 3.77. The van der Waals surface area contributed by atoms with E-state index in [2.05, 4.69) is 12.2 Å². The maximum Gasteiger partial charge on any atom is 0.235 e. The number of ether oxygens (including phenoxy) is 2. The van der Waals surface area contributed by atoms with Crippen molar-refractivity contribution in [3.8, 4) is 5.75 Å². The highest BCUT2D eigenvalue weighted by atomic mass is 35.5. The second kappa shape index (κ2) is 9.64. The Morgan fingerprint density at radius 1 is 1.17 bits per heavy atom. The van der Waals surface area contributed by atoms with Crippen LogP contribution in [0.1, 0.15) is 49.3 Å². The summed E-state index contributed by atoms with van der Waals surface area (Å²) in [6.07, 6.45) is 3.34. The van der Waals surface area contributed by atoms with Crippen molar-refractivity contribution in [2.75, 3.05) is 25.1 Å². The number of hydrogen-bond donors (Lipinski definition) is 1. The number of carbonyl (C=O) groups is 1. The first-order valence-corrected chi connectivity index (χ1v) is 10.7. The summed E-state index contributed by atoms with van der Waals surface area (Å²) in [7, 11) is 0. The molecule has 3 rings (SSSR count). The summed E-state index contributed by atoms with van der Waals surface area (Å²) in [6.45, 7) is 7.97. The first kappa shape index (κ1) is 21.7. The number of amides is 1. The zero-order chi connectivity index (χ0) is 20.9. The molecule has 0 spiro atoms. The van der Waals surface area contributed by atoms with Crippen molar-refractivity contribution in [2.45, 2.75) is 51.9 Å². The van der Waals surface area contributed by atoms with E-state index in [9.17, 15) is 4.79 Å². The Bertz CT molecular complexity index is 836. The molecule has 4 nitrogen and oxygen atoms in total. The molecule has 1 aliphatic heterocycles. The van der Waals surface area contributed by atoms with Crippen molar-refractivity contribution in [2.24, 2.45) is 0 Å². The molecule has 2 aromatic rings. The third kappa shape index (κ3) is 4.76. The van der Waals surface area contributed by atoms with Crippen LogP contribution in [0.2, 0.25) is 5.02 Å². The van der Waals surface area contributed by atoms with Crippen LogP contribution in [0.5, 0.6) is 5.75 Å². The van der Waals surface area contributed by atoms with Gasteiger partial charge in [-0.15, -0.1) is 0 Å². The van der Waals surface area contributed by atoms with E-state index >= 15 is 0 Å². The number of hydrogen-bond acceptors (Lipinski definition) is 3. The topological polar surface area (TPSA) is 47.6 Å². The monoisotopic (exact) mass is 415 g/mol. The lowest BCUT2D eigenvalue weighted by Crippen LogP contribution is -2.45. The van der Waals surface area contributed by atoms with Gasteiger partial charge in [-0.1, -0.05) is 43.1 Å². The molecule has 1 amide bonds. The van der Waals surface area contributed by atoms with Gasteiger partial charge in [-0.25, -0.2) is 0 Å². The molecular formula is C24H30ClNO3. The Labute approximate surface area is 178 Å². The maximum atomic E-state index is 13.5. The Balaban J connectivity index is 1.86. The third-order valence-corrected chi connectivity index (χ3v) is 5.96. The smallest absolute Gasteiger partial charge is 0.235 e. The minimum Gasteiger partial charge on any atom is -0.493 e. The van der Waals surface area contributed by atoms with Crippen LogP contribution >= 0.6 is 11.6 Å². The molecule has 1 N–H and O–H groups in total. The first-order valence-electron chi connectivity index (χ1n) is 10.4. The van der Waals surface area contributed by atoms with E-state index in [1.165, 1.54) is 0 Å². The van der Waals surface area contributed by atoms with Crippen LogP contribution in [0, 0.1) is 13.8 Å². The van der Waals surface area contributed by atoms with E-state index in [4.69, 9.17) is 21.1 Å². The third-order valence-electron chi connectivity index (χ3n) is 5.63. The van der Waals surface area contributed by atoms with Crippen molar-refractivity contribution in [3.63, 3.8) is 0 Å². The number of aryl methyl sites for hydroxylation is 2. The van der Waals surface area contributed by atoms with E-state index in [1.807, 2.05) is 50.2 Å². The number of anilines is 1. The molecule has 5 heteroatoms. The number of halogens is 1. The highest BCUT2D eigenvalue weighted by molar-refractivity contribution is 6.31. The van der Waals surface area contributed by atoms with E-state index in [0.29, 0.717) is 37.7 Å². The molecule has 0 aliphatic carbocycles. The lowest BCUT2D eigenvalue weighted by Gasteiger charge is -2.36. The molecule has 0 atom stereocenters. The second-order valence-electron chi connectivity index (χ2n) is 7.77. The lowest BCUT2D eigenvalue weighted by molar-refractivity contribution is -0.125.